The topological polar surface area (TPSA) is 34.5 Å². The van der Waals surface area contributed by atoms with Crippen molar-refractivity contribution in [2.24, 2.45) is 0 Å². The summed E-state index contributed by atoms with van der Waals surface area (Å²) >= 11 is 0. The summed E-state index contributed by atoms with van der Waals surface area (Å²) in [6.45, 7) is 3.70. The SMILES string of the molecule is CCn1c2ccccc2c2cc(CN(C)C(=O)Cc3ccc(OC)cc3)ccc21. The third kappa shape index (κ3) is 3.70. The number of amides is 1. The van der Waals surface area contributed by atoms with Crippen LogP contribution < -0.4 is 4.74 Å². The average molecular weight is 386 g/mol. The number of nitrogens with zero attached hydrogens (tertiary/aromatic N) is 2. The van der Waals surface area contributed by atoms with Crippen molar-refractivity contribution < 1.29 is 9.53 Å². The number of hydrogen-bond donors (Lipinski definition) is 0. The molecule has 0 radical (unpaired) electrons. The molecule has 0 N–H and O–H groups in total. The smallest absolute Gasteiger partial charge is 0.227 e. The number of likely N-dealkylation sites (N-methyl/N-ethyl adjacent to an activating group) is 1. The second-order valence-electron chi connectivity index (χ2n) is 7.39. The number of benzene rings is 3. The molecule has 148 valence electrons. The summed E-state index contributed by atoms with van der Waals surface area (Å²) in [6, 6.07) is 22.7. The fraction of sp³-hybridized carbons (Fsp3) is 0.240. The maximum Gasteiger partial charge on any atom is 0.227 e. The third-order valence-electron chi connectivity index (χ3n) is 5.51. The van der Waals surface area contributed by atoms with Gasteiger partial charge in [0.15, 0.2) is 0 Å². The molecule has 3 aromatic carbocycles. The maximum absolute atomic E-state index is 12.7. The van der Waals surface area contributed by atoms with Gasteiger partial charge in [-0.15, -0.1) is 0 Å². The molecule has 1 aromatic heterocycles. The van der Waals surface area contributed by atoms with Crippen LogP contribution in [0.15, 0.2) is 66.7 Å². The van der Waals surface area contributed by atoms with Gasteiger partial charge in [-0.1, -0.05) is 36.4 Å². The highest BCUT2D eigenvalue weighted by Gasteiger charge is 2.13. The molecule has 0 aliphatic heterocycles. The van der Waals surface area contributed by atoms with Crippen molar-refractivity contribution in [2.45, 2.75) is 26.4 Å². The van der Waals surface area contributed by atoms with Gasteiger partial charge in [0.2, 0.25) is 5.91 Å². The van der Waals surface area contributed by atoms with Crippen LogP contribution in [0.2, 0.25) is 0 Å². The van der Waals surface area contributed by atoms with Crippen LogP contribution >= 0.6 is 0 Å². The van der Waals surface area contributed by atoms with Crippen molar-refractivity contribution >= 4 is 27.7 Å². The van der Waals surface area contributed by atoms with Gasteiger partial charge in [0.1, 0.15) is 5.75 Å². The fourth-order valence-electron chi connectivity index (χ4n) is 3.95. The van der Waals surface area contributed by atoms with E-state index < -0.39 is 0 Å². The van der Waals surface area contributed by atoms with E-state index in [1.807, 2.05) is 31.3 Å². The highest BCUT2D eigenvalue weighted by Crippen LogP contribution is 2.30. The van der Waals surface area contributed by atoms with Gasteiger partial charge < -0.3 is 14.2 Å². The zero-order valence-corrected chi connectivity index (χ0v) is 17.2. The minimum Gasteiger partial charge on any atom is -0.497 e. The van der Waals surface area contributed by atoms with Crippen molar-refractivity contribution in [3.8, 4) is 5.75 Å². The molecule has 0 aliphatic rings. The number of methoxy groups -OCH3 is 1. The van der Waals surface area contributed by atoms with Gasteiger partial charge in [-0.05, 0) is 48.4 Å². The number of para-hydroxylation sites is 1. The van der Waals surface area contributed by atoms with Crippen LogP contribution in [0.1, 0.15) is 18.1 Å². The zero-order chi connectivity index (χ0) is 20.4. The number of carbonyl (C=O) groups excluding carboxylic acids is 1. The van der Waals surface area contributed by atoms with Crippen LogP contribution in [0.3, 0.4) is 0 Å². The maximum atomic E-state index is 12.7. The summed E-state index contributed by atoms with van der Waals surface area (Å²) in [5.41, 5.74) is 4.63. The Morgan fingerprint density at radius 2 is 1.62 bits per heavy atom. The van der Waals surface area contributed by atoms with Crippen LogP contribution in [-0.4, -0.2) is 29.5 Å². The van der Waals surface area contributed by atoms with E-state index in [9.17, 15) is 4.79 Å². The van der Waals surface area contributed by atoms with Crippen LogP contribution in [0.25, 0.3) is 21.8 Å². The molecule has 0 saturated carbocycles. The molecule has 0 fully saturated rings. The Hall–Kier alpha value is -3.27. The first-order valence-corrected chi connectivity index (χ1v) is 9.97. The predicted molar refractivity (Wildman–Crippen MR) is 118 cm³/mol. The van der Waals surface area contributed by atoms with Gasteiger partial charge in [0.05, 0.1) is 13.5 Å². The van der Waals surface area contributed by atoms with Crippen LogP contribution in [0.5, 0.6) is 5.75 Å². The molecule has 4 rings (SSSR count). The van der Waals surface area contributed by atoms with Crippen molar-refractivity contribution in [1.82, 2.24) is 9.47 Å². The Morgan fingerprint density at radius 3 is 2.34 bits per heavy atom. The molecular weight excluding hydrogens is 360 g/mol. The molecular formula is C25H26N2O2. The molecule has 0 saturated heterocycles. The van der Waals surface area contributed by atoms with E-state index in [-0.39, 0.29) is 5.91 Å². The second kappa shape index (κ2) is 8.00. The molecule has 1 heterocycles. The third-order valence-corrected chi connectivity index (χ3v) is 5.51. The molecule has 0 bridgehead atoms. The number of carbonyl (C=O) groups is 1. The Labute approximate surface area is 171 Å². The standard InChI is InChI=1S/C25H26N2O2/c1-4-27-23-8-6-5-7-21(23)22-15-19(11-14-24(22)27)17-26(2)25(28)16-18-9-12-20(29-3)13-10-18/h5-15H,4,16-17H2,1-3H3. The monoisotopic (exact) mass is 386 g/mol. The Balaban J connectivity index is 1.55. The molecule has 0 spiro atoms. The fourth-order valence-corrected chi connectivity index (χ4v) is 3.95. The first kappa shape index (κ1) is 19.1. The normalized spacial score (nSPS) is 11.1. The highest BCUT2D eigenvalue weighted by atomic mass is 16.5. The van der Waals surface area contributed by atoms with Gasteiger partial charge in [-0.3, -0.25) is 4.79 Å². The largest absolute Gasteiger partial charge is 0.497 e. The Morgan fingerprint density at radius 1 is 0.931 bits per heavy atom. The van der Waals surface area contributed by atoms with E-state index in [4.69, 9.17) is 4.74 Å². The Kier molecular flexibility index (Phi) is 5.26. The van der Waals surface area contributed by atoms with E-state index in [1.54, 1.807) is 12.0 Å². The first-order valence-electron chi connectivity index (χ1n) is 9.97. The lowest BCUT2D eigenvalue weighted by Gasteiger charge is -2.18. The predicted octanol–water partition coefficient (Wildman–Crippen LogP) is 5.02. The van der Waals surface area contributed by atoms with E-state index in [0.29, 0.717) is 13.0 Å². The van der Waals surface area contributed by atoms with E-state index in [1.165, 1.54) is 21.8 Å². The summed E-state index contributed by atoms with van der Waals surface area (Å²) in [4.78, 5) is 14.5. The molecule has 0 aliphatic carbocycles. The van der Waals surface area contributed by atoms with Crippen LogP contribution in [0, 0.1) is 0 Å². The first-order chi connectivity index (χ1) is 14.1. The summed E-state index contributed by atoms with van der Waals surface area (Å²) in [6.07, 6.45) is 0.387. The van der Waals surface area contributed by atoms with Gasteiger partial charge in [-0.2, -0.15) is 0 Å². The van der Waals surface area contributed by atoms with Crippen molar-refractivity contribution in [1.29, 1.82) is 0 Å². The lowest BCUT2D eigenvalue weighted by molar-refractivity contribution is -0.129. The number of ether oxygens (including phenoxy) is 1. The molecule has 4 heteroatoms. The molecule has 4 nitrogen and oxygen atoms in total. The summed E-state index contributed by atoms with van der Waals surface area (Å²) < 4.78 is 7.52. The number of hydrogen-bond acceptors (Lipinski definition) is 2. The number of aromatic nitrogens is 1. The van der Waals surface area contributed by atoms with E-state index in [2.05, 4.69) is 54.0 Å². The molecule has 29 heavy (non-hydrogen) atoms. The van der Waals surface area contributed by atoms with Crippen LogP contribution in [-0.2, 0) is 24.3 Å². The quantitative estimate of drug-likeness (QED) is 0.466. The second-order valence-corrected chi connectivity index (χ2v) is 7.39. The highest BCUT2D eigenvalue weighted by molar-refractivity contribution is 6.08. The van der Waals surface area contributed by atoms with Crippen molar-refractivity contribution in [2.75, 3.05) is 14.2 Å². The van der Waals surface area contributed by atoms with E-state index in [0.717, 1.165) is 23.4 Å². The van der Waals surface area contributed by atoms with Gasteiger partial charge in [0, 0.05) is 41.9 Å². The number of fused-ring (bicyclic) bond motifs is 3. The van der Waals surface area contributed by atoms with Gasteiger partial charge in [0.25, 0.3) is 0 Å². The molecule has 0 atom stereocenters. The average Bonchev–Trinajstić information content (AvgIpc) is 3.07. The molecule has 0 unspecified atom stereocenters. The summed E-state index contributed by atoms with van der Waals surface area (Å²) in [7, 11) is 3.51. The number of aryl methyl sites for hydroxylation is 1. The lowest BCUT2D eigenvalue weighted by atomic mass is 10.1. The molecule has 1 amide bonds. The molecule has 4 aromatic rings. The number of rotatable bonds is 6. The van der Waals surface area contributed by atoms with E-state index >= 15 is 0 Å². The van der Waals surface area contributed by atoms with Gasteiger partial charge >= 0.3 is 0 Å². The van der Waals surface area contributed by atoms with Crippen molar-refractivity contribution in [3.63, 3.8) is 0 Å². The van der Waals surface area contributed by atoms with Crippen LogP contribution in [0.4, 0.5) is 0 Å². The summed E-state index contributed by atoms with van der Waals surface area (Å²) in [5, 5.41) is 2.51. The lowest BCUT2D eigenvalue weighted by Crippen LogP contribution is -2.27. The van der Waals surface area contributed by atoms with Gasteiger partial charge in [-0.25, -0.2) is 0 Å². The zero-order valence-electron chi connectivity index (χ0n) is 17.2. The van der Waals surface area contributed by atoms with Crippen molar-refractivity contribution in [3.05, 3.63) is 77.9 Å². The minimum atomic E-state index is 0.103. The minimum absolute atomic E-state index is 0.103. The Bertz CT molecular complexity index is 1160. The summed E-state index contributed by atoms with van der Waals surface area (Å²) in [5.74, 6) is 0.903.